The predicted octanol–water partition coefficient (Wildman–Crippen LogP) is 12.0. The molecule has 0 amide bonds. The number of nitrogens with one attached hydrogen (secondary N) is 1. The fourth-order valence-corrected chi connectivity index (χ4v) is 7.08. The smallest absolute Gasteiger partial charge is 0.169 e. The summed E-state index contributed by atoms with van der Waals surface area (Å²) in [5, 5.41) is 6.00. The highest BCUT2D eigenvalue weighted by Crippen LogP contribution is 2.39. The Balaban J connectivity index is 1.11. The van der Waals surface area contributed by atoms with Crippen LogP contribution >= 0.6 is 0 Å². The molecular formula is C49H35N3. The lowest BCUT2D eigenvalue weighted by Crippen LogP contribution is -2.36. The van der Waals surface area contributed by atoms with Crippen LogP contribution in [0.25, 0.3) is 55.3 Å². The summed E-state index contributed by atoms with van der Waals surface area (Å²) < 4.78 is 0. The number of hydrogen-bond donors (Lipinski definition) is 1. The van der Waals surface area contributed by atoms with Gasteiger partial charge in [0, 0.05) is 11.1 Å². The van der Waals surface area contributed by atoms with Crippen molar-refractivity contribution in [3.63, 3.8) is 0 Å². The van der Waals surface area contributed by atoms with Crippen molar-refractivity contribution in [3.8, 4) is 44.5 Å². The average Bonchev–Trinajstić information content (AvgIpc) is 3.24. The number of aliphatic imine (C=N–C) groups is 2. The van der Waals surface area contributed by atoms with Crippen molar-refractivity contribution in [2.45, 2.75) is 6.17 Å². The third kappa shape index (κ3) is 6.21. The van der Waals surface area contributed by atoms with E-state index in [1.165, 1.54) is 44.2 Å². The molecule has 0 radical (unpaired) electrons. The molecular weight excluding hydrogens is 631 g/mol. The van der Waals surface area contributed by atoms with Gasteiger partial charge in [-0.05, 0) is 66.9 Å². The highest BCUT2D eigenvalue weighted by atomic mass is 15.2. The van der Waals surface area contributed by atoms with Gasteiger partial charge in [0.2, 0.25) is 0 Å². The summed E-state index contributed by atoms with van der Waals surface area (Å²) in [6.07, 6.45) is -0.404. The maximum atomic E-state index is 5.20. The standard InChI is InChI=1S/C49H35N3/c1-4-13-34(14-5-1)36-23-25-38(26-24-36)45-32-31-37-17-10-11-22-44(37)46(45)39-27-29-41(30-28-39)48-50-47(40-18-8-3-9-19-40)51-49(52-48)43-21-12-20-42(33-43)35-15-6-2-7-16-35/h1-33,48H,(H,50,51,52). The first kappa shape index (κ1) is 31.2. The molecule has 1 aliphatic heterocycles. The van der Waals surface area contributed by atoms with Crippen LogP contribution in [0.15, 0.2) is 210 Å². The molecule has 9 rings (SSSR count). The van der Waals surface area contributed by atoms with E-state index < -0.39 is 6.17 Å². The summed E-state index contributed by atoms with van der Waals surface area (Å²) in [7, 11) is 0. The van der Waals surface area contributed by atoms with Gasteiger partial charge < -0.3 is 5.32 Å². The predicted molar refractivity (Wildman–Crippen MR) is 218 cm³/mol. The van der Waals surface area contributed by atoms with E-state index in [-0.39, 0.29) is 0 Å². The van der Waals surface area contributed by atoms with Crippen molar-refractivity contribution < 1.29 is 0 Å². The van der Waals surface area contributed by atoms with E-state index in [1.54, 1.807) is 0 Å². The van der Waals surface area contributed by atoms with Gasteiger partial charge in [0.15, 0.2) is 6.17 Å². The van der Waals surface area contributed by atoms with Crippen molar-refractivity contribution in [2.24, 2.45) is 9.98 Å². The zero-order chi connectivity index (χ0) is 34.7. The summed E-state index contributed by atoms with van der Waals surface area (Å²) in [6.45, 7) is 0. The van der Waals surface area contributed by atoms with Gasteiger partial charge in [-0.15, -0.1) is 0 Å². The second-order valence-electron chi connectivity index (χ2n) is 13.0. The van der Waals surface area contributed by atoms with Gasteiger partial charge in [-0.2, -0.15) is 0 Å². The van der Waals surface area contributed by atoms with E-state index in [2.05, 4.69) is 181 Å². The molecule has 0 saturated heterocycles. The van der Waals surface area contributed by atoms with Crippen LogP contribution in [0.5, 0.6) is 0 Å². The van der Waals surface area contributed by atoms with Gasteiger partial charge in [0.1, 0.15) is 11.7 Å². The number of amidine groups is 2. The number of nitrogens with zero attached hydrogens (tertiary/aromatic N) is 2. The van der Waals surface area contributed by atoms with Gasteiger partial charge in [0.25, 0.3) is 0 Å². The van der Waals surface area contributed by atoms with Gasteiger partial charge >= 0.3 is 0 Å². The van der Waals surface area contributed by atoms with Gasteiger partial charge in [-0.1, -0.05) is 194 Å². The molecule has 8 aromatic rings. The van der Waals surface area contributed by atoms with Gasteiger partial charge in [-0.25, -0.2) is 9.98 Å². The van der Waals surface area contributed by atoms with Crippen LogP contribution in [0, 0.1) is 0 Å². The molecule has 0 aliphatic carbocycles. The lowest BCUT2D eigenvalue weighted by molar-refractivity contribution is 0.756. The van der Waals surface area contributed by atoms with Crippen molar-refractivity contribution in [1.29, 1.82) is 0 Å². The van der Waals surface area contributed by atoms with E-state index in [4.69, 9.17) is 9.98 Å². The first-order valence-corrected chi connectivity index (χ1v) is 17.7. The van der Waals surface area contributed by atoms with Gasteiger partial charge in [0.05, 0.1) is 0 Å². The lowest BCUT2D eigenvalue weighted by atomic mass is 9.89. The van der Waals surface area contributed by atoms with Crippen LogP contribution in [-0.4, -0.2) is 11.7 Å². The van der Waals surface area contributed by atoms with Crippen LogP contribution in [0.1, 0.15) is 22.9 Å². The Morgan fingerprint density at radius 3 is 1.54 bits per heavy atom. The highest BCUT2D eigenvalue weighted by Gasteiger charge is 2.21. The molecule has 1 N–H and O–H groups in total. The Kier molecular flexibility index (Phi) is 8.28. The molecule has 3 nitrogen and oxygen atoms in total. The fourth-order valence-electron chi connectivity index (χ4n) is 7.08. The first-order valence-electron chi connectivity index (χ1n) is 17.7. The summed E-state index contributed by atoms with van der Waals surface area (Å²) in [5.74, 6) is 1.61. The maximum Gasteiger partial charge on any atom is 0.169 e. The number of benzene rings is 8. The Morgan fingerprint density at radius 1 is 0.346 bits per heavy atom. The van der Waals surface area contributed by atoms with Crippen LogP contribution < -0.4 is 5.32 Å². The molecule has 246 valence electrons. The summed E-state index contributed by atoms with van der Waals surface area (Å²) in [6, 6.07) is 70.7. The highest BCUT2D eigenvalue weighted by molar-refractivity contribution is 6.16. The average molecular weight is 666 g/mol. The summed E-state index contributed by atoms with van der Waals surface area (Å²) in [4.78, 5) is 10.3. The van der Waals surface area contributed by atoms with E-state index >= 15 is 0 Å². The van der Waals surface area contributed by atoms with Crippen molar-refractivity contribution in [1.82, 2.24) is 5.32 Å². The Bertz CT molecular complexity index is 2550. The Labute approximate surface area is 304 Å². The molecule has 0 aromatic heterocycles. The van der Waals surface area contributed by atoms with E-state index in [0.29, 0.717) is 0 Å². The van der Waals surface area contributed by atoms with E-state index in [1.807, 2.05) is 24.3 Å². The first-order chi connectivity index (χ1) is 25.8. The second-order valence-corrected chi connectivity index (χ2v) is 13.0. The molecule has 3 heteroatoms. The molecule has 1 heterocycles. The molecule has 52 heavy (non-hydrogen) atoms. The molecule has 1 unspecified atom stereocenters. The van der Waals surface area contributed by atoms with E-state index in [9.17, 15) is 0 Å². The Morgan fingerprint density at radius 2 is 0.846 bits per heavy atom. The lowest BCUT2D eigenvalue weighted by Gasteiger charge is -2.23. The zero-order valence-corrected chi connectivity index (χ0v) is 28.5. The SMILES string of the molecule is c1ccc(C2=NC(c3ccc(-c4c(-c5ccc(-c6ccccc6)cc5)ccc5ccccc45)cc3)N=C(c3cccc(-c4ccccc4)c3)N2)cc1. The van der Waals surface area contributed by atoms with Crippen LogP contribution in [-0.2, 0) is 0 Å². The quantitative estimate of drug-likeness (QED) is 0.181. The molecule has 0 spiro atoms. The zero-order valence-electron chi connectivity index (χ0n) is 28.5. The second kappa shape index (κ2) is 13.8. The summed E-state index contributed by atoms with van der Waals surface area (Å²) >= 11 is 0. The largest absolute Gasteiger partial charge is 0.324 e. The van der Waals surface area contributed by atoms with E-state index in [0.717, 1.165) is 39.5 Å². The normalized spacial score (nSPS) is 14.0. The fraction of sp³-hybridized carbons (Fsp3) is 0.0204. The van der Waals surface area contributed by atoms with Crippen molar-refractivity contribution >= 4 is 22.4 Å². The molecule has 8 aromatic carbocycles. The number of hydrogen-bond acceptors (Lipinski definition) is 3. The van der Waals surface area contributed by atoms with Crippen LogP contribution in [0.4, 0.5) is 0 Å². The van der Waals surface area contributed by atoms with Crippen LogP contribution in [0.3, 0.4) is 0 Å². The molecule has 1 aliphatic rings. The molecule has 0 bridgehead atoms. The van der Waals surface area contributed by atoms with Crippen LogP contribution in [0.2, 0.25) is 0 Å². The minimum atomic E-state index is -0.404. The third-order valence-corrected chi connectivity index (χ3v) is 9.76. The number of rotatable bonds is 7. The number of fused-ring (bicyclic) bond motifs is 1. The third-order valence-electron chi connectivity index (χ3n) is 9.76. The maximum absolute atomic E-state index is 5.20. The minimum absolute atomic E-state index is 0.404. The molecule has 1 atom stereocenters. The Hall–Kier alpha value is -6.84. The monoisotopic (exact) mass is 665 g/mol. The minimum Gasteiger partial charge on any atom is -0.324 e. The molecule has 0 fully saturated rings. The topological polar surface area (TPSA) is 36.8 Å². The summed E-state index contributed by atoms with van der Waals surface area (Å²) in [5.41, 5.74) is 12.6. The molecule has 0 saturated carbocycles. The van der Waals surface area contributed by atoms with Crippen molar-refractivity contribution in [3.05, 3.63) is 217 Å². The van der Waals surface area contributed by atoms with Gasteiger partial charge in [-0.3, -0.25) is 0 Å². The van der Waals surface area contributed by atoms with Crippen molar-refractivity contribution in [2.75, 3.05) is 0 Å².